The predicted molar refractivity (Wildman–Crippen MR) is 151 cm³/mol. The Morgan fingerprint density at radius 1 is 1.11 bits per heavy atom. The molecule has 2 heterocycles. The fraction of sp³-hybridized carbons (Fsp3) is 0.296. The number of anilines is 1. The molecular weight excluding hydrogens is 512 g/mol. The Balaban J connectivity index is 0.00000380. The summed E-state index contributed by atoms with van der Waals surface area (Å²) in [5.41, 5.74) is 4.01. The van der Waals surface area contributed by atoms with Crippen LogP contribution >= 0.6 is 23.7 Å². The summed E-state index contributed by atoms with van der Waals surface area (Å²) in [5, 5.41) is 0.684. The van der Waals surface area contributed by atoms with E-state index in [2.05, 4.69) is 31.0 Å². The number of aryl methyl sites for hydroxylation is 3. The van der Waals surface area contributed by atoms with E-state index in [0.29, 0.717) is 28.9 Å². The fourth-order valence-corrected chi connectivity index (χ4v) is 4.97. The van der Waals surface area contributed by atoms with Gasteiger partial charge < -0.3 is 18.8 Å². The highest BCUT2D eigenvalue weighted by Gasteiger charge is 2.19. The van der Waals surface area contributed by atoms with E-state index < -0.39 is 0 Å². The Morgan fingerprint density at radius 2 is 1.84 bits per heavy atom. The molecule has 4 aromatic rings. The molecule has 4 rings (SSSR count). The van der Waals surface area contributed by atoms with Gasteiger partial charge in [0.15, 0.2) is 16.6 Å². The van der Waals surface area contributed by atoms with Crippen molar-refractivity contribution in [2.24, 2.45) is 0 Å². The van der Waals surface area contributed by atoms with Crippen LogP contribution in [-0.4, -0.2) is 48.3 Å². The number of fused-ring (bicyclic) bond motifs is 1. The van der Waals surface area contributed by atoms with Gasteiger partial charge in [-0.05, 0) is 61.2 Å². The van der Waals surface area contributed by atoms with Gasteiger partial charge in [0.05, 0.1) is 37.9 Å². The zero-order chi connectivity index (χ0) is 25.7. The smallest absolute Gasteiger partial charge is 0.252 e. The van der Waals surface area contributed by atoms with E-state index >= 15 is 0 Å². The summed E-state index contributed by atoms with van der Waals surface area (Å²) < 4.78 is 19.3. The van der Waals surface area contributed by atoms with Crippen molar-refractivity contribution in [1.82, 2.24) is 14.5 Å². The number of benzene rings is 2. The largest absolute Gasteiger partial charge is 0.493 e. The number of amides is 1. The number of halogens is 1. The fourth-order valence-electron chi connectivity index (χ4n) is 3.92. The van der Waals surface area contributed by atoms with E-state index in [1.165, 1.54) is 16.9 Å². The Labute approximate surface area is 226 Å². The number of carbonyl (C=O) groups excluding carboxylic acids is 1. The zero-order valence-electron chi connectivity index (χ0n) is 21.6. The number of hydrogen-bond donors (Lipinski definition) is 0. The van der Waals surface area contributed by atoms with E-state index in [1.54, 1.807) is 63.0 Å². The first-order valence-electron chi connectivity index (χ1n) is 11.6. The SMILES string of the molecule is COc1cc(/C=C/C(=O)N(CCCn2ccnc2)c2nc3c(C)c(C)ccc3s2)cc(OC)c1OC.Cl. The van der Waals surface area contributed by atoms with Gasteiger partial charge in [-0.2, -0.15) is 0 Å². The molecule has 0 aliphatic carbocycles. The summed E-state index contributed by atoms with van der Waals surface area (Å²) in [6.45, 7) is 5.41. The normalized spacial score (nSPS) is 10.9. The molecule has 0 aliphatic rings. The molecule has 0 fully saturated rings. The van der Waals surface area contributed by atoms with E-state index in [0.717, 1.165) is 34.3 Å². The maximum atomic E-state index is 13.5. The number of hydrogen-bond acceptors (Lipinski definition) is 7. The molecule has 0 spiro atoms. The Hall–Kier alpha value is -3.56. The quantitative estimate of drug-likeness (QED) is 0.239. The lowest BCUT2D eigenvalue weighted by Crippen LogP contribution is -2.30. The molecule has 0 aliphatic heterocycles. The number of imidazole rings is 1. The van der Waals surface area contributed by atoms with Crippen molar-refractivity contribution < 1.29 is 19.0 Å². The molecule has 2 aromatic carbocycles. The molecule has 8 nitrogen and oxygen atoms in total. The van der Waals surface area contributed by atoms with Crippen molar-refractivity contribution in [3.8, 4) is 17.2 Å². The minimum absolute atomic E-state index is 0. The lowest BCUT2D eigenvalue weighted by molar-refractivity contribution is -0.114. The highest BCUT2D eigenvalue weighted by Crippen LogP contribution is 2.38. The topological polar surface area (TPSA) is 78.7 Å². The highest BCUT2D eigenvalue weighted by atomic mass is 35.5. The lowest BCUT2D eigenvalue weighted by atomic mass is 10.1. The maximum absolute atomic E-state index is 13.5. The third-order valence-corrected chi connectivity index (χ3v) is 7.08. The van der Waals surface area contributed by atoms with Crippen molar-refractivity contribution in [3.63, 3.8) is 0 Å². The minimum atomic E-state index is -0.150. The molecule has 0 radical (unpaired) electrons. The van der Waals surface area contributed by atoms with E-state index in [1.807, 2.05) is 10.8 Å². The van der Waals surface area contributed by atoms with Gasteiger partial charge in [-0.1, -0.05) is 17.4 Å². The van der Waals surface area contributed by atoms with Crippen LogP contribution in [0.2, 0.25) is 0 Å². The van der Waals surface area contributed by atoms with Crippen molar-refractivity contribution in [3.05, 3.63) is 65.8 Å². The molecule has 0 bridgehead atoms. The van der Waals surface area contributed by atoms with Gasteiger partial charge in [0.1, 0.15) is 0 Å². The molecule has 0 N–H and O–H groups in total. The van der Waals surface area contributed by atoms with Crippen LogP contribution in [0.25, 0.3) is 16.3 Å². The molecule has 0 saturated carbocycles. The van der Waals surface area contributed by atoms with Crippen molar-refractivity contribution in [1.29, 1.82) is 0 Å². The first kappa shape index (κ1) is 28.0. The van der Waals surface area contributed by atoms with Gasteiger partial charge in [0.25, 0.3) is 5.91 Å². The van der Waals surface area contributed by atoms with E-state index in [-0.39, 0.29) is 18.3 Å². The minimum Gasteiger partial charge on any atom is -0.493 e. The molecule has 0 saturated heterocycles. The summed E-state index contributed by atoms with van der Waals surface area (Å²) in [6.07, 6.45) is 9.51. The van der Waals surface area contributed by atoms with E-state index in [9.17, 15) is 4.79 Å². The number of methoxy groups -OCH3 is 3. The lowest BCUT2D eigenvalue weighted by Gasteiger charge is -2.18. The predicted octanol–water partition coefficient (Wildman–Crippen LogP) is 5.69. The molecule has 0 unspecified atom stereocenters. The van der Waals surface area contributed by atoms with Gasteiger partial charge in [-0.3, -0.25) is 9.69 Å². The Morgan fingerprint density at radius 3 is 2.46 bits per heavy atom. The molecule has 2 aromatic heterocycles. The second-order valence-corrected chi connectivity index (χ2v) is 9.30. The van der Waals surface area contributed by atoms with E-state index in [4.69, 9.17) is 19.2 Å². The first-order chi connectivity index (χ1) is 17.4. The molecular formula is C27H31ClN4O4S. The summed E-state index contributed by atoms with van der Waals surface area (Å²) in [4.78, 5) is 24.2. The van der Waals surface area contributed by atoms with Gasteiger partial charge in [0, 0.05) is 31.6 Å². The molecule has 37 heavy (non-hydrogen) atoms. The second-order valence-electron chi connectivity index (χ2n) is 8.29. The molecule has 196 valence electrons. The van der Waals surface area contributed by atoms with Crippen LogP contribution in [0.4, 0.5) is 5.13 Å². The summed E-state index contributed by atoms with van der Waals surface area (Å²) in [7, 11) is 4.69. The number of nitrogens with zero attached hydrogens (tertiary/aromatic N) is 4. The third kappa shape index (κ3) is 6.23. The first-order valence-corrected chi connectivity index (χ1v) is 12.4. The average Bonchev–Trinajstić information content (AvgIpc) is 3.57. The molecule has 10 heteroatoms. The Bertz CT molecular complexity index is 1360. The van der Waals surface area contributed by atoms with Crippen molar-refractivity contribution >= 4 is 51.1 Å². The van der Waals surface area contributed by atoms with Crippen LogP contribution in [0.3, 0.4) is 0 Å². The summed E-state index contributed by atoms with van der Waals surface area (Å²) in [6, 6.07) is 7.77. The number of thiazole rings is 1. The average molecular weight is 543 g/mol. The number of ether oxygens (including phenoxy) is 3. The van der Waals surface area contributed by atoms with Crippen LogP contribution in [0, 0.1) is 13.8 Å². The van der Waals surface area contributed by atoms with Crippen LogP contribution < -0.4 is 19.1 Å². The Kier molecular flexibility index (Phi) is 9.54. The van der Waals surface area contributed by atoms with Crippen LogP contribution in [0.5, 0.6) is 17.2 Å². The summed E-state index contributed by atoms with van der Waals surface area (Å²) in [5.74, 6) is 1.41. The number of aromatic nitrogens is 3. The zero-order valence-corrected chi connectivity index (χ0v) is 23.2. The highest BCUT2D eigenvalue weighted by molar-refractivity contribution is 7.22. The van der Waals surface area contributed by atoms with Gasteiger partial charge in [-0.25, -0.2) is 9.97 Å². The van der Waals surface area contributed by atoms with Crippen LogP contribution in [0.1, 0.15) is 23.1 Å². The summed E-state index contributed by atoms with van der Waals surface area (Å²) >= 11 is 1.53. The van der Waals surface area contributed by atoms with Gasteiger partial charge in [0.2, 0.25) is 5.75 Å². The van der Waals surface area contributed by atoms with Gasteiger partial charge in [-0.15, -0.1) is 12.4 Å². The number of rotatable bonds is 10. The number of carbonyl (C=O) groups is 1. The maximum Gasteiger partial charge on any atom is 0.252 e. The molecule has 1 amide bonds. The third-order valence-electron chi connectivity index (χ3n) is 6.03. The standard InChI is InChI=1S/C27H30N4O4S.ClH/c1-18-7-9-23-25(19(18)2)29-27(36-23)31(13-6-12-30-14-11-28-17-30)24(32)10-8-20-15-21(33-3)26(35-5)22(16-20)34-4;/h7-11,14-17H,6,12-13H2,1-5H3;1H/b10-8+;. The van der Waals surface area contributed by atoms with Crippen molar-refractivity contribution in [2.45, 2.75) is 26.8 Å². The van der Waals surface area contributed by atoms with Crippen molar-refractivity contribution in [2.75, 3.05) is 32.8 Å². The van der Waals surface area contributed by atoms with Crippen LogP contribution in [-0.2, 0) is 11.3 Å². The van der Waals surface area contributed by atoms with Crippen LogP contribution in [0.15, 0.2) is 49.1 Å². The van der Waals surface area contributed by atoms with Gasteiger partial charge >= 0.3 is 0 Å². The monoisotopic (exact) mass is 542 g/mol. The molecule has 0 atom stereocenters. The second kappa shape index (κ2) is 12.6.